The number of nitrogens with zero attached hydrogens (tertiary/aromatic N) is 3. The number of hydrogen-bond donors (Lipinski definition) is 0. The fraction of sp³-hybridized carbons (Fsp3) is 0.182. The molecule has 1 atom stereocenters. The van der Waals surface area contributed by atoms with Crippen LogP contribution >= 0.6 is 11.8 Å². The molecule has 0 spiro atoms. The van der Waals surface area contributed by atoms with Gasteiger partial charge in [-0.1, -0.05) is 17.8 Å². The van der Waals surface area contributed by atoms with Gasteiger partial charge in [-0.15, -0.1) is 0 Å². The van der Waals surface area contributed by atoms with Gasteiger partial charge in [0, 0.05) is 30.0 Å². The van der Waals surface area contributed by atoms with Gasteiger partial charge in [0.15, 0.2) is 5.16 Å². The van der Waals surface area contributed by atoms with Gasteiger partial charge < -0.3 is 0 Å². The Labute approximate surface area is 93.0 Å². The quantitative estimate of drug-likeness (QED) is 0.585. The second-order valence-electron chi connectivity index (χ2n) is 3.08. The topological polar surface area (TPSA) is 38.7 Å². The lowest BCUT2D eigenvalue weighted by Crippen LogP contribution is -1.91. The van der Waals surface area contributed by atoms with Crippen LogP contribution in [-0.2, 0) is 0 Å². The van der Waals surface area contributed by atoms with Gasteiger partial charge in [-0.05, 0) is 24.6 Å². The fourth-order valence-electron chi connectivity index (χ4n) is 1.19. The van der Waals surface area contributed by atoms with E-state index in [0.29, 0.717) is 5.25 Å². The number of hydrogen-bond acceptors (Lipinski definition) is 4. The minimum absolute atomic E-state index is 0.320. The number of aromatic nitrogens is 3. The summed E-state index contributed by atoms with van der Waals surface area (Å²) in [6.07, 6.45) is 7.16. The van der Waals surface area contributed by atoms with Crippen molar-refractivity contribution in [2.45, 2.75) is 17.3 Å². The van der Waals surface area contributed by atoms with E-state index in [0.717, 1.165) is 5.16 Å². The molecule has 0 bridgehead atoms. The first-order valence-corrected chi connectivity index (χ1v) is 5.58. The Morgan fingerprint density at radius 3 is 2.60 bits per heavy atom. The third kappa shape index (κ3) is 2.76. The summed E-state index contributed by atoms with van der Waals surface area (Å²) in [5, 5.41) is 1.12. The maximum Gasteiger partial charge on any atom is 0.188 e. The van der Waals surface area contributed by atoms with Gasteiger partial charge in [0.05, 0.1) is 0 Å². The van der Waals surface area contributed by atoms with E-state index in [-0.39, 0.29) is 0 Å². The standard InChI is InChI=1S/C11H11N3S/c1-9(10-4-2-5-12-8-10)15-11-13-6-3-7-14-11/h2-9H,1H3. The first-order chi connectivity index (χ1) is 7.36. The predicted molar refractivity (Wildman–Crippen MR) is 60.5 cm³/mol. The Kier molecular flexibility index (Phi) is 3.29. The van der Waals surface area contributed by atoms with Crippen LogP contribution in [0.5, 0.6) is 0 Å². The van der Waals surface area contributed by atoms with E-state index in [1.807, 2.05) is 18.3 Å². The molecule has 2 aromatic heterocycles. The zero-order valence-corrected chi connectivity index (χ0v) is 9.19. The number of pyridine rings is 1. The van der Waals surface area contributed by atoms with E-state index >= 15 is 0 Å². The molecule has 0 amide bonds. The summed E-state index contributed by atoms with van der Waals surface area (Å²) >= 11 is 1.63. The van der Waals surface area contributed by atoms with Crippen molar-refractivity contribution < 1.29 is 0 Å². The molecule has 0 saturated heterocycles. The normalized spacial score (nSPS) is 12.3. The lowest BCUT2D eigenvalue weighted by atomic mass is 10.2. The van der Waals surface area contributed by atoms with Crippen molar-refractivity contribution >= 4 is 11.8 Å². The molecule has 2 heterocycles. The van der Waals surface area contributed by atoms with Crippen LogP contribution in [0.2, 0.25) is 0 Å². The average molecular weight is 217 g/mol. The Morgan fingerprint density at radius 2 is 1.93 bits per heavy atom. The molecule has 76 valence electrons. The highest BCUT2D eigenvalue weighted by atomic mass is 32.2. The van der Waals surface area contributed by atoms with Crippen molar-refractivity contribution in [3.8, 4) is 0 Å². The van der Waals surface area contributed by atoms with E-state index in [1.165, 1.54) is 5.56 Å². The van der Waals surface area contributed by atoms with Crippen LogP contribution in [-0.4, -0.2) is 15.0 Å². The molecule has 2 aromatic rings. The van der Waals surface area contributed by atoms with Crippen LogP contribution in [0.25, 0.3) is 0 Å². The average Bonchev–Trinajstić information content (AvgIpc) is 2.31. The molecule has 15 heavy (non-hydrogen) atoms. The Morgan fingerprint density at radius 1 is 1.13 bits per heavy atom. The summed E-state index contributed by atoms with van der Waals surface area (Å²) in [5.41, 5.74) is 1.19. The van der Waals surface area contributed by atoms with E-state index < -0.39 is 0 Å². The molecular formula is C11H11N3S. The fourth-order valence-corrected chi connectivity index (χ4v) is 2.02. The van der Waals surface area contributed by atoms with Crippen molar-refractivity contribution in [1.82, 2.24) is 15.0 Å². The summed E-state index contributed by atoms with van der Waals surface area (Å²) in [6.45, 7) is 2.12. The third-order valence-corrected chi connectivity index (χ3v) is 3.03. The zero-order valence-electron chi connectivity index (χ0n) is 8.37. The van der Waals surface area contributed by atoms with Gasteiger partial charge in [-0.25, -0.2) is 9.97 Å². The first kappa shape index (κ1) is 10.1. The van der Waals surface area contributed by atoms with Crippen molar-refractivity contribution in [2.75, 3.05) is 0 Å². The minimum Gasteiger partial charge on any atom is -0.264 e. The second-order valence-corrected chi connectivity index (χ2v) is 4.39. The molecule has 4 heteroatoms. The summed E-state index contributed by atoms with van der Waals surface area (Å²) in [7, 11) is 0. The molecular weight excluding hydrogens is 206 g/mol. The van der Waals surface area contributed by atoms with Crippen molar-refractivity contribution in [1.29, 1.82) is 0 Å². The molecule has 2 rings (SSSR count). The summed E-state index contributed by atoms with van der Waals surface area (Å²) in [4.78, 5) is 12.4. The molecule has 0 aliphatic carbocycles. The molecule has 0 aromatic carbocycles. The molecule has 0 saturated carbocycles. The lowest BCUT2D eigenvalue weighted by Gasteiger charge is -2.08. The summed E-state index contributed by atoms with van der Waals surface area (Å²) in [6, 6.07) is 5.82. The highest BCUT2D eigenvalue weighted by Gasteiger charge is 2.08. The highest BCUT2D eigenvalue weighted by molar-refractivity contribution is 7.99. The minimum atomic E-state index is 0.320. The maximum absolute atomic E-state index is 4.18. The molecule has 0 radical (unpaired) electrons. The van der Waals surface area contributed by atoms with Gasteiger partial charge in [-0.2, -0.15) is 0 Å². The summed E-state index contributed by atoms with van der Waals surface area (Å²) < 4.78 is 0. The summed E-state index contributed by atoms with van der Waals surface area (Å²) in [5.74, 6) is 0. The molecule has 1 unspecified atom stereocenters. The molecule has 0 aliphatic heterocycles. The monoisotopic (exact) mass is 217 g/mol. The highest BCUT2D eigenvalue weighted by Crippen LogP contribution is 2.31. The Bertz CT molecular complexity index is 405. The van der Waals surface area contributed by atoms with Crippen LogP contribution in [0, 0.1) is 0 Å². The molecule has 0 fully saturated rings. The predicted octanol–water partition coefficient (Wildman–Crippen LogP) is 2.72. The van der Waals surface area contributed by atoms with Crippen LogP contribution in [0.15, 0.2) is 48.1 Å². The van der Waals surface area contributed by atoms with Crippen molar-refractivity contribution in [2.24, 2.45) is 0 Å². The Balaban J connectivity index is 2.08. The largest absolute Gasteiger partial charge is 0.264 e. The van der Waals surface area contributed by atoms with Crippen LogP contribution in [0.1, 0.15) is 17.7 Å². The van der Waals surface area contributed by atoms with Crippen LogP contribution in [0.3, 0.4) is 0 Å². The maximum atomic E-state index is 4.18. The number of thioether (sulfide) groups is 1. The van der Waals surface area contributed by atoms with Crippen LogP contribution in [0.4, 0.5) is 0 Å². The van der Waals surface area contributed by atoms with Gasteiger partial charge in [0.2, 0.25) is 0 Å². The second kappa shape index (κ2) is 4.89. The lowest BCUT2D eigenvalue weighted by molar-refractivity contribution is 0.950. The van der Waals surface area contributed by atoms with E-state index in [9.17, 15) is 0 Å². The van der Waals surface area contributed by atoms with E-state index in [2.05, 4.69) is 27.9 Å². The Hall–Kier alpha value is -1.42. The first-order valence-electron chi connectivity index (χ1n) is 4.70. The van der Waals surface area contributed by atoms with Gasteiger partial charge in [0.25, 0.3) is 0 Å². The smallest absolute Gasteiger partial charge is 0.188 e. The van der Waals surface area contributed by atoms with Crippen LogP contribution < -0.4 is 0 Å². The molecule has 0 aliphatic rings. The van der Waals surface area contributed by atoms with Crippen molar-refractivity contribution in [3.05, 3.63) is 48.5 Å². The molecule has 3 nitrogen and oxygen atoms in total. The molecule has 0 N–H and O–H groups in total. The van der Waals surface area contributed by atoms with Crippen molar-refractivity contribution in [3.63, 3.8) is 0 Å². The number of rotatable bonds is 3. The van der Waals surface area contributed by atoms with E-state index in [1.54, 1.807) is 30.4 Å². The third-order valence-electron chi connectivity index (χ3n) is 1.98. The zero-order chi connectivity index (χ0) is 10.5. The van der Waals surface area contributed by atoms with Gasteiger partial charge in [-0.3, -0.25) is 4.98 Å². The SMILES string of the molecule is CC(Sc1ncccn1)c1cccnc1. The van der Waals surface area contributed by atoms with Gasteiger partial charge in [0.1, 0.15) is 0 Å². The van der Waals surface area contributed by atoms with Gasteiger partial charge >= 0.3 is 0 Å². The van der Waals surface area contributed by atoms with E-state index in [4.69, 9.17) is 0 Å².